The van der Waals surface area contributed by atoms with E-state index in [-0.39, 0.29) is 11.7 Å². The predicted molar refractivity (Wildman–Crippen MR) is 74.3 cm³/mol. The van der Waals surface area contributed by atoms with Gasteiger partial charge in [0.15, 0.2) is 0 Å². The Kier molecular flexibility index (Phi) is 4.14. The van der Waals surface area contributed by atoms with Crippen LogP contribution in [-0.2, 0) is 6.54 Å². The maximum atomic E-state index is 12.9. The average Bonchev–Trinajstić information content (AvgIpc) is 2.72. The molecule has 0 unspecified atom stereocenters. The Labute approximate surface area is 117 Å². The second-order valence-electron chi connectivity index (χ2n) is 3.85. The Hall–Kier alpha value is -1.20. The number of benzene rings is 1. The summed E-state index contributed by atoms with van der Waals surface area (Å²) in [7, 11) is 0. The van der Waals surface area contributed by atoms with Gasteiger partial charge in [0.05, 0.1) is 10.3 Å². The first-order valence-corrected chi connectivity index (χ1v) is 6.96. The van der Waals surface area contributed by atoms with Crippen molar-refractivity contribution in [1.82, 2.24) is 5.32 Å². The molecule has 1 aromatic heterocycles. The van der Waals surface area contributed by atoms with E-state index < -0.39 is 0 Å². The summed E-state index contributed by atoms with van der Waals surface area (Å²) in [5.41, 5.74) is 1.15. The van der Waals surface area contributed by atoms with Gasteiger partial charge in [-0.3, -0.25) is 4.79 Å². The molecule has 0 aliphatic carbocycles. The first-order chi connectivity index (χ1) is 8.56. The van der Waals surface area contributed by atoms with Crippen LogP contribution in [0.3, 0.4) is 0 Å². The lowest BCUT2D eigenvalue weighted by molar-refractivity contribution is 0.0950. The third-order valence-electron chi connectivity index (χ3n) is 2.49. The predicted octanol–water partition coefficient (Wildman–Crippen LogP) is 3.89. The van der Waals surface area contributed by atoms with Crippen LogP contribution in [-0.4, -0.2) is 5.91 Å². The fraction of sp³-hybridized carbons (Fsp3) is 0.154. The quantitative estimate of drug-likeness (QED) is 0.910. The molecule has 1 N–H and O–H groups in total. The van der Waals surface area contributed by atoms with Crippen molar-refractivity contribution in [2.45, 2.75) is 13.5 Å². The number of nitrogens with one attached hydrogen (secondary N) is 1. The maximum absolute atomic E-state index is 12.9. The van der Waals surface area contributed by atoms with Crippen molar-refractivity contribution in [3.63, 3.8) is 0 Å². The van der Waals surface area contributed by atoms with Crippen molar-refractivity contribution >= 4 is 33.2 Å². The van der Waals surface area contributed by atoms with E-state index in [4.69, 9.17) is 0 Å². The van der Waals surface area contributed by atoms with Crippen molar-refractivity contribution in [3.05, 3.63) is 55.9 Å². The Bertz CT molecular complexity index is 582. The molecule has 0 atom stereocenters. The van der Waals surface area contributed by atoms with Crippen molar-refractivity contribution in [2.24, 2.45) is 0 Å². The van der Waals surface area contributed by atoms with E-state index >= 15 is 0 Å². The molecule has 2 rings (SSSR count). The minimum absolute atomic E-state index is 0.183. The van der Waals surface area contributed by atoms with Crippen LogP contribution in [0, 0.1) is 12.7 Å². The zero-order valence-electron chi connectivity index (χ0n) is 9.67. The van der Waals surface area contributed by atoms with Crippen LogP contribution in [0.15, 0.2) is 34.1 Å². The summed E-state index contributed by atoms with van der Waals surface area (Å²) in [6.45, 7) is 2.20. The average molecular weight is 328 g/mol. The standard InChI is InChI=1S/C13H11BrFNOS/c1-8-6-9(15)2-4-11(8)13(17)16-7-10-3-5-12(14)18-10/h2-6H,7H2,1H3,(H,16,17). The van der Waals surface area contributed by atoms with Crippen LogP contribution in [0.5, 0.6) is 0 Å². The van der Waals surface area contributed by atoms with Gasteiger partial charge in [0.25, 0.3) is 5.91 Å². The highest BCUT2D eigenvalue weighted by atomic mass is 79.9. The summed E-state index contributed by atoms with van der Waals surface area (Å²) in [5.74, 6) is -0.511. The summed E-state index contributed by atoms with van der Waals surface area (Å²) in [5, 5.41) is 2.82. The molecule has 2 nitrogen and oxygen atoms in total. The van der Waals surface area contributed by atoms with Gasteiger partial charge in [-0.05, 0) is 58.7 Å². The summed E-state index contributed by atoms with van der Waals surface area (Å²) in [6.07, 6.45) is 0. The highest BCUT2D eigenvalue weighted by Crippen LogP contribution is 2.21. The van der Waals surface area contributed by atoms with Crippen LogP contribution >= 0.6 is 27.3 Å². The lowest BCUT2D eigenvalue weighted by Crippen LogP contribution is -2.23. The molecule has 0 bridgehead atoms. The zero-order valence-corrected chi connectivity index (χ0v) is 12.1. The summed E-state index contributed by atoms with van der Waals surface area (Å²) >= 11 is 4.94. The van der Waals surface area contributed by atoms with Crippen LogP contribution in [0.25, 0.3) is 0 Å². The van der Waals surface area contributed by atoms with Gasteiger partial charge in [-0.25, -0.2) is 4.39 Å². The van der Waals surface area contributed by atoms with Crippen molar-refractivity contribution < 1.29 is 9.18 Å². The van der Waals surface area contributed by atoms with Crippen LogP contribution in [0.4, 0.5) is 4.39 Å². The molecule has 0 saturated carbocycles. The van der Waals surface area contributed by atoms with E-state index in [0.717, 1.165) is 8.66 Å². The Morgan fingerprint density at radius 1 is 1.39 bits per heavy atom. The summed E-state index contributed by atoms with van der Waals surface area (Å²) in [6, 6.07) is 8.05. The molecular weight excluding hydrogens is 317 g/mol. The summed E-state index contributed by atoms with van der Waals surface area (Å²) in [4.78, 5) is 13.0. The van der Waals surface area contributed by atoms with Gasteiger partial charge < -0.3 is 5.32 Å². The van der Waals surface area contributed by atoms with Gasteiger partial charge in [0.2, 0.25) is 0 Å². The number of hydrogen-bond donors (Lipinski definition) is 1. The van der Waals surface area contributed by atoms with E-state index in [1.54, 1.807) is 18.3 Å². The van der Waals surface area contributed by atoms with E-state index in [1.807, 2.05) is 12.1 Å². The van der Waals surface area contributed by atoms with Gasteiger partial charge in [0, 0.05) is 10.4 Å². The Morgan fingerprint density at radius 3 is 2.78 bits per heavy atom. The molecule has 2 aromatic rings. The smallest absolute Gasteiger partial charge is 0.251 e. The first-order valence-electron chi connectivity index (χ1n) is 5.35. The second-order valence-corrected chi connectivity index (χ2v) is 6.40. The molecule has 94 valence electrons. The molecule has 0 aliphatic heterocycles. The molecular formula is C13H11BrFNOS. The minimum atomic E-state index is -0.328. The molecule has 0 spiro atoms. The van der Waals surface area contributed by atoms with Crippen molar-refractivity contribution in [3.8, 4) is 0 Å². The summed E-state index contributed by atoms with van der Waals surface area (Å²) < 4.78 is 14.0. The topological polar surface area (TPSA) is 29.1 Å². The molecule has 1 heterocycles. The van der Waals surface area contributed by atoms with E-state index in [0.29, 0.717) is 17.7 Å². The number of carbonyl (C=O) groups excluding carboxylic acids is 1. The molecule has 5 heteroatoms. The third kappa shape index (κ3) is 3.17. The highest BCUT2D eigenvalue weighted by Gasteiger charge is 2.09. The molecule has 1 aromatic carbocycles. The van der Waals surface area contributed by atoms with Crippen molar-refractivity contribution in [2.75, 3.05) is 0 Å². The SMILES string of the molecule is Cc1cc(F)ccc1C(=O)NCc1ccc(Br)s1. The lowest BCUT2D eigenvalue weighted by atomic mass is 10.1. The maximum Gasteiger partial charge on any atom is 0.251 e. The zero-order chi connectivity index (χ0) is 13.1. The van der Waals surface area contributed by atoms with Crippen LogP contribution < -0.4 is 5.32 Å². The van der Waals surface area contributed by atoms with Crippen LogP contribution in [0.1, 0.15) is 20.8 Å². The molecule has 0 aliphatic rings. The Balaban J connectivity index is 2.03. The van der Waals surface area contributed by atoms with Gasteiger partial charge in [-0.2, -0.15) is 0 Å². The monoisotopic (exact) mass is 327 g/mol. The largest absolute Gasteiger partial charge is 0.347 e. The molecule has 1 amide bonds. The fourth-order valence-electron chi connectivity index (χ4n) is 1.59. The van der Waals surface area contributed by atoms with Crippen LogP contribution in [0.2, 0.25) is 0 Å². The number of hydrogen-bond acceptors (Lipinski definition) is 2. The first kappa shape index (κ1) is 13.2. The number of amides is 1. The number of halogens is 2. The number of rotatable bonds is 3. The Morgan fingerprint density at radius 2 is 2.17 bits per heavy atom. The fourth-order valence-corrected chi connectivity index (χ4v) is 3.01. The molecule has 0 fully saturated rings. The van der Waals surface area contributed by atoms with Gasteiger partial charge >= 0.3 is 0 Å². The third-order valence-corrected chi connectivity index (χ3v) is 4.11. The van der Waals surface area contributed by atoms with E-state index in [1.165, 1.54) is 18.2 Å². The lowest BCUT2D eigenvalue weighted by Gasteiger charge is -2.06. The minimum Gasteiger partial charge on any atom is -0.347 e. The highest BCUT2D eigenvalue weighted by molar-refractivity contribution is 9.11. The molecule has 0 saturated heterocycles. The van der Waals surface area contributed by atoms with Gasteiger partial charge in [0.1, 0.15) is 5.82 Å². The normalized spacial score (nSPS) is 10.4. The van der Waals surface area contributed by atoms with Crippen molar-refractivity contribution in [1.29, 1.82) is 0 Å². The number of thiophene rings is 1. The van der Waals surface area contributed by atoms with Gasteiger partial charge in [-0.15, -0.1) is 11.3 Å². The van der Waals surface area contributed by atoms with E-state index in [2.05, 4.69) is 21.2 Å². The van der Waals surface area contributed by atoms with E-state index in [9.17, 15) is 9.18 Å². The second kappa shape index (κ2) is 5.63. The number of carbonyl (C=O) groups is 1. The molecule has 0 radical (unpaired) electrons. The molecule has 18 heavy (non-hydrogen) atoms. The number of aryl methyl sites for hydroxylation is 1. The van der Waals surface area contributed by atoms with Gasteiger partial charge in [-0.1, -0.05) is 0 Å².